The molecule has 0 amide bonds. The zero-order valence-electron chi connectivity index (χ0n) is 11.1. The second kappa shape index (κ2) is 5.71. The summed E-state index contributed by atoms with van der Waals surface area (Å²) in [5.41, 5.74) is 3.90. The number of benzene rings is 3. The van der Waals surface area contributed by atoms with Gasteiger partial charge in [-0.05, 0) is 46.5 Å². The van der Waals surface area contributed by atoms with Crippen molar-refractivity contribution in [1.29, 1.82) is 0 Å². The van der Waals surface area contributed by atoms with Gasteiger partial charge in [0.1, 0.15) is 0 Å². The summed E-state index contributed by atoms with van der Waals surface area (Å²) < 4.78 is 1.11. The van der Waals surface area contributed by atoms with Crippen LogP contribution in [-0.4, -0.2) is 0 Å². The van der Waals surface area contributed by atoms with Crippen molar-refractivity contribution in [2.24, 2.45) is 0 Å². The van der Waals surface area contributed by atoms with Crippen LogP contribution in [0.2, 0.25) is 0 Å². The molecule has 3 aromatic carbocycles. The first-order valence-electron chi connectivity index (χ1n) is 6.54. The SMILES string of the molecule is Cc1ccc(C(Br)c2ccc(Br)cc2)c2ccccc12. The second-order valence-electron chi connectivity index (χ2n) is 4.93. The first kappa shape index (κ1) is 13.8. The minimum absolute atomic E-state index is 0.209. The number of fused-ring (bicyclic) bond motifs is 1. The van der Waals surface area contributed by atoms with Crippen molar-refractivity contribution in [3.63, 3.8) is 0 Å². The summed E-state index contributed by atoms with van der Waals surface area (Å²) in [7, 11) is 0. The molecule has 0 fully saturated rings. The fourth-order valence-corrected chi connectivity index (χ4v) is 3.47. The van der Waals surface area contributed by atoms with Crippen LogP contribution in [0.1, 0.15) is 21.5 Å². The standard InChI is InChI=1S/C18H14Br2/c1-12-6-11-17(16-5-3-2-4-15(12)16)18(20)13-7-9-14(19)10-8-13/h2-11,18H,1H3. The minimum atomic E-state index is 0.209. The van der Waals surface area contributed by atoms with Crippen LogP contribution in [-0.2, 0) is 0 Å². The molecule has 0 spiro atoms. The van der Waals surface area contributed by atoms with E-state index in [2.05, 4.69) is 99.4 Å². The van der Waals surface area contributed by atoms with Gasteiger partial charge in [-0.2, -0.15) is 0 Å². The lowest BCUT2D eigenvalue weighted by Crippen LogP contribution is -1.95. The summed E-state index contributed by atoms with van der Waals surface area (Å²) in [5.74, 6) is 0. The Morgan fingerprint density at radius 1 is 0.800 bits per heavy atom. The van der Waals surface area contributed by atoms with Crippen LogP contribution in [0, 0.1) is 6.92 Å². The molecule has 0 N–H and O–H groups in total. The van der Waals surface area contributed by atoms with Crippen molar-refractivity contribution < 1.29 is 0 Å². The van der Waals surface area contributed by atoms with Gasteiger partial charge in [0.25, 0.3) is 0 Å². The van der Waals surface area contributed by atoms with E-state index in [0.717, 1.165) is 4.47 Å². The Hall–Kier alpha value is -1.12. The maximum Gasteiger partial charge on any atom is 0.0650 e. The zero-order valence-corrected chi connectivity index (χ0v) is 14.3. The Labute approximate surface area is 136 Å². The largest absolute Gasteiger partial charge is 0.0786 e. The maximum atomic E-state index is 3.85. The van der Waals surface area contributed by atoms with Crippen LogP contribution < -0.4 is 0 Å². The summed E-state index contributed by atoms with van der Waals surface area (Å²) in [6.07, 6.45) is 0. The van der Waals surface area contributed by atoms with Crippen molar-refractivity contribution in [3.05, 3.63) is 81.8 Å². The molecule has 0 bridgehead atoms. The third-order valence-corrected chi connectivity index (χ3v) is 5.16. The minimum Gasteiger partial charge on any atom is -0.0786 e. The molecule has 0 nitrogen and oxygen atoms in total. The molecule has 20 heavy (non-hydrogen) atoms. The fourth-order valence-electron chi connectivity index (χ4n) is 2.51. The highest BCUT2D eigenvalue weighted by molar-refractivity contribution is 9.10. The lowest BCUT2D eigenvalue weighted by atomic mass is 9.96. The molecular weight excluding hydrogens is 376 g/mol. The normalized spacial score (nSPS) is 12.6. The van der Waals surface area contributed by atoms with Crippen molar-refractivity contribution in [1.82, 2.24) is 0 Å². The molecule has 1 atom stereocenters. The summed E-state index contributed by atoms with van der Waals surface area (Å²) in [6.45, 7) is 2.16. The van der Waals surface area contributed by atoms with E-state index in [1.807, 2.05) is 0 Å². The van der Waals surface area contributed by atoms with Crippen molar-refractivity contribution in [2.45, 2.75) is 11.8 Å². The molecule has 0 aromatic heterocycles. The van der Waals surface area contributed by atoms with Crippen LogP contribution >= 0.6 is 31.9 Å². The molecule has 0 radical (unpaired) electrons. The van der Waals surface area contributed by atoms with Crippen LogP contribution in [0.5, 0.6) is 0 Å². The van der Waals surface area contributed by atoms with E-state index in [9.17, 15) is 0 Å². The number of halogens is 2. The van der Waals surface area contributed by atoms with Gasteiger partial charge in [-0.25, -0.2) is 0 Å². The van der Waals surface area contributed by atoms with E-state index in [1.54, 1.807) is 0 Å². The molecule has 0 aliphatic carbocycles. The van der Waals surface area contributed by atoms with Gasteiger partial charge < -0.3 is 0 Å². The van der Waals surface area contributed by atoms with Gasteiger partial charge in [-0.15, -0.1) is 0 Å². The average Bonchev–Trinajstić information content (AvgIpc) is 2.48. The Balaban J connectivity index is 2.14. The highest BCUT2D eigenvalue weighted by Gasteiger charge is 2.13. The smallest absolute Gasteiger partial charge is 0.0650 e. The fraction of sp³-hybridized carbons (Fsp3) is 0.111. The van der Waals surface area contributed by atoms with Crippen molar-refractivity contribution in [2.75, 3.05) is 0 Å². The van der Waals surface area contributed by atoms with Gasteiger partial charge in [-0.3, -0.25) is 0 Å². The molecule has 0 aliphatic heterocycles. The Morgan fingerprint density at radius 3 is 2.15 bits per heavy atom. The number of alkyl halides is 1. The van der Waals surface area contributed by atoms with Crippen LogP contribution in [0.25, 0.3) is 10.8 Å². The highest BCUT2D eigenvalue weighted by Crippen LogP contribution is 2.36. The molecule has 0 saturated carbocycles. The van der Waals surface area contributed by atoms with Gasteiger partial charge in [0.15, 0.2) is 0 Å². The molecule has 2 heteroatoms. The highest BCUT2D eigenvalue weighted by atomic mass is 79.9. The molecule has 1 unspecified atom stereocenters. The summed E-state index contributed by atoms with van der Waals surface area (Å²) in [6, 6.07) is 21.5. The van der Waals surface area contributed by atoms with Crippen LogP contribution in [0.4, 0.5) is 0 Å². The molecule has 3 rings (SSSR count). The van der Waals surface area contributed by atoms with E-state index >= 15 is 0 Å². The zero-order chi connectivity index (χ0) is 14.1. The monoisotopic (exact) mass is 388 g/mol. The lowest BCUT2D eigenvalue weighted by molar-refractivity contribution is 1.19. The summed E-state index contributed by atoms with van der Waals surface area (Å²) >= 11 is 7.33. The predicted molar refractivity (Wildman–Crippen MR) is 93.6 cm³/mol. The van der Waals surface area contributed by atoms with E-state index in [1.165, 1.54) is 27.5 Å². The van der Waals surface area contributed by atoms with Gasteiger partial charge in [0, 0.05) is 4.47 Å². The number of hydrogen-bond donors (Lipinski definition) is 0. The first-order chi connectivity index (χ1) is 9.66. The van der Waals surface area contributed by atoms with E-state index in [4.69, 9.17) is 0 Å². The van der Waals surface area contributed by atoms with E-state index in [-0.39, 0.29) is 4.83 Å². The Morgan fingerprint density at radius 2 is 1.45 bits per heavy atom. The van der Waals surface area contributed by atoms with Gasteiger partial charge in [0.05, 0.1) is 4.83 Å². The molecular formula is C18H14Br2. The van der Waals surface area contributed by atoms with E-state index < -0.39 is 0 Å². The third kappa shape index (κ3) is 2.55. The van der Waals surface area contributed by atoms with E-state index in [0.29, 0.717) is 0 Å². The number of rotatable bonds is 2. The Bertz CT molecular complexity index is 745. The Kier molecular flexibility index (Phi) is 3.95. The van der Waals surface area contributed by atoms with Crippen molar-refractivity contribution >= 4 is 42.6 Å². The predicted octanol–water partition coefficient (Wildman–Crippen LogP) is 6.40. The van der Waals surface area contributed by atoms with Gasteiger partial charge in [-0.1, -0.05) is 80.4 Å². The van der Waals surface area contributed by atoms with Gasteiger partial charge >= 0.3 is 0 Å². The molecule has 0 heterocycles. The number of hydrogen-bond acceptors (Lipinski definition) is 0. The average molecular weight is 390 g/mol. The second-order valence-corrected chi connectivity index (χ2v) is 6.76. The molecule has 0 aliphatic rings. The van der Waals surface area contributed by atoms with Crippen LogP contribution in [0.3, 0.4) is 0 Å². The first-order valence-corrected chi connectivity index (χ1v) is 8.25. The number of aryl methyl sites for hydroxylation is 1. The maximum absolute atomic E-state index is 3.85. The van der Waals surface area contributed by atoms with Crippen LogP contribution in [0.15, 0.2) is 65.1 Å². The molecule has 0 saturated heterocycles. The summed E-state index contributed by atoms with van der Waals surface area (Å²) in [5, 5.41) is 2.64. The topological polar surface area (TPSA) is 0 Å². The van der Waals surface area contributed by atoms with Crippen molar-refractivity contribution in [3.8, 4) is 0 Å². The summed E-state index contributed by atoms with van der Waals surface area (Å²) in [4.78, 5) is 0.209. The van der Waals surface area contributed by atoms with Gasteiger partial charge in [0.2, 0.25) is 0 Å². The molecule has 3 aromatic rings. The lowest BCUT2D eigenvalue weighted by Gasteiger charge is -2.15. The quantitative estimate of drug-likeness (QED) is 0.445. The third-order valence-electron chi connectivity index (χ3n) is 3.61. The molecule has 100 valence electrons.